The van der Waals surface area contributed by atoms with Crippen LogP contribution >= 0.6 is 0 Å². The van der Waals surface area contributed by atoms with Gasteiger partial charge in [-0.15, -0.1) is 0 Å². The van der Waals surface area contributed by atoms with Gasteiger partial charge >= 0.3 is 0 Å². The Morgan fingerprint density at radius 1 is 1.34 bits per heavy atom. The van der Waals surface area contributed by atoms with E-state index in [-0.39, 0.29) is 18.6 Å². The first kappa shape index (κ1) is 23.0. The van der Waals surface area contributed by atoms with Crippen LogP contribution in [0.15, 0.2) is 29.3 Å². The van der Waals surface area contributed by atoms with Gasteiger partial charge in [0.25, 0.3) is 5.91 Å². The maximum Gasteiger partial charge on any atom is 0.259 e. The van der Waals surface area contributed by atoms with E-state index in [0.717, 1.165) is 44.1 Å². The number of ether oxygens (including phenoxy) is 3. The summed E-state index contributed by atoms with van der Waals surface area (Å²) in [5, 5.41) is 6.58. The lowest BCUT2D eigenvalue weighted by Crippen LogP contribution is -2.38. The molecule has 1 amide bonds. The molecule has 1 fully saturated rings. The molecular weight excluding hydrogens is 372 g/mol. The Hall–Kier alpha value is -2.32. The van der Waals surface area contributed by atoms with Gasteiger partial charge in [0.1, 0.15) is 5.75 Å². The lowest BCUT2D eigenvalue weighted by Gasteiger charge is -2.13. The molecule has 0 aliphatic carbocycles. The number of amides is 1. The molecule has 0 bridgehead atoms. The van der Waals surface area contributed by atoms with Crippen LogP contribution in [0.4, 0.5) is 0 Å². The van der Waals surface area contributed by atoms with Crippen LogP contribution in [0.1, 0.15) is 25.3 Å². The first-order chi connectivity index (χ1) is 14.1. The molecule has 1 aromatic carbocycles. The van der Waals surface area contributed by atoms with Gasteiger partial charge in [0.15, 0.2) is 12.6 Å². The molecule has 2 rings (SSSR count). The van der Waals surface area contributed by atoms with Crippen LogP contribution in [0.3, 0.4) is 0 Å². The van der Waals surface area contributed by atoms with Crippen LogP contribution in [-0.4, -0.2) is 76.5 Å². The van der Waals surface area contributed by atoms with Gasteiger partial charge in [-0.1, -0.05) is 12.1 Å². The highest BCUT2D eigenvalue weighted by molar-refractivity contribution is 5.79. The fourth-order valence-corrected chi connectivity index (χ4v) is 2.69. The van der Waals surface area contributed by atoms with Crippen molar-refractivity contribution in [1.29, 1.82) is 0 Å². The lowest BCUT2D eigenvalue weighted by atomic mass is 10.2. The van der Waals surface area contributed by atoms with E-state index < -0.39 is 0 Å². The molecular formula is C21H34N4O4. The van der Waals surface area contributed by atoms with Gasteiger partial charge in [0.05, 0.1) is 19.3 Å². The van der Waals surface area contributed by atoms with Gasteiger partial charge in [-0.3, -0.25) is 4.79 Å². The van der Waals surface area contributed by atoms with Crippen molar-refractivity contribution in [2.24, 2.45) is 4.99 Å². The third-order valence-electron chi connectivity index (χ3n) is 4.38. The van der Waals surface area contributed by atoms with Crippen molar-refractivity contribution in [3.63, 3.8) is 0 Å². The summed E-state index contributed by atoms with van der Waals surface area (Å²) < 4.78 is 16.6. The molecule has 8 nitrogen and oxygen atoms in total. The van der Waals surface area contributed by atoms with Crippen molar-refractivity contribution in [3.8, 4) is 5.75 Å². The van der Waals surface area contributed by atoms with E-state index >= 15 is 0 Å². The average Bonchev–Trinajstić information content (AvgIpc) is 3.23. The first-order valence-electron chi connectivity index (χ1n) is 10.2. The number of carbonyl (C=O) groups excluding carboxylic acids is 1. The maximum atomic E-state index is 11.7. The minimum absolute atomic E-state index is 0.0268. The van der Waals surface area contributed by atoms with Gasteiger partial charge in [-0.05, 0) is 37.5 Å². The van der Waals surface area contributed by atoms with Gasteiger partial charge in [0.2, 0.25) is 0 Å². The van der Waals surface area contributed by atoms with Gasteiger partial charge in [-0.25, -0.2) is 4.99 Å². The highest BCUT2D eigenvalue weighted by atomic mass is 16.5. The predicted molar refractivity (Wildman–Crippen MR) is 113 cm³/mol. The van der Waals surface area contributed by atoms with Crippen LogP contribution in [0.2, 0.25) is 0 Å². The maximum absolute atomic E-state index is 11.7. The third kappa shape index (κ3) is 9.15. The number of benzene rings is 1. The summed E-state index contributed by atoms with van der Waals surface area (Å²) in [4.78, 5) is 17.8. The Bertz CT molecular complexity index is 645. The molecule has 2 N–H and O–H groups in total. The smallest absolute Gasteiger partial charge is 0.259 e. The largest absolute Gasteiger partial charge is 0.484 e. The Labute approximate surface area is 173 Å². The molecule has 0 spiro atoms. The molecule has 1 heterocycles. The van der Waals surface area contributed by atoms with Crippen LogP contribution in [0, 0.1) is 0 Å². The number of rotatable bonds is 11. The molecule has 0 saturated carbocycles. The third-order valence-corrected chi connectivity index (χ3v) is 4.38. The van der Waals surface area contributed by atoms with Gasteiger partial charge < -0.3 is 29.7 Å². The zero-order valence-electron chi connectivity index (χ0n) is 17.8. The number of carbonyl (C=O) groups is 1. The number of likely N-dealkylation sites (N-methyl/N-ethyl adjacent to an activating group) is 1. The lowest BCUT2D eigenvalue weighted by molar-refractivity contribution is -0.130. The first-order valence-corrected chi connectivity index (χ1v) is 10.2. The number of hydrogen-bond donors (Lipinski definition) is 2. The van der Waals surface area contributed by atoms with E-state index in [9.17, 15) is 4.79 Å². The summed E-state index contributed by atoms with van der Waals surface area (Å²) >= 11 is 0. The fraction of sp³-hybridized carbons (Fsp3) is 0.619. The summed E-state index contributed by atoms with van der Waals surface area (Å²) in [5.74, 6) is 1.36. The Balaban J connectivity index is 1.76. The summed E-state index contributed by atoms with van der Waals surface area (Å²) in [5.41, 5.74) is 1.02. The van der Waals surface area contributed by atoms with Crippen LogP contribution in [0.25, 0.3) is 0 Å². The van der Waals surface area contributed by atoms with E-state index in [2.05, 4.69) is 15.6 Å². The number of aliphatic imine (C=N–C) groups is 1. The van der Waals surface area contributed by atoms with Crippen LogP contribution < -0.4 is 15.4 Å². The average molecular weight is 407 g/mol. The Kier molecular flexibility index (Phi) is 10.3. The summed E-state index contributed by atoms with van der Waals surface area (Å²) in [6, 6.07) is 7.65. The van der Waals surface area contributed by atoms with Crippen molar-refractivity contribution < 1.29 is 19.0 Å². The monoisotopic (exact) mass is 406 g/mol. The quantitative estimate of drug-likeness (QED) is 0.328. The topological polar surface area (TPSA) is 84.4 Å². The standard InChI is InChI=1S/C21H34N4O4/c1-4-22-21(23-10-6-11-28-19-9-12-27-15-19)24-14-17-7-5-8-18(13-17)29-16-20(26)25(2)3/h5,7-8,13,19H,4,6,9-12,14-16H2,1-3H3,(H2,22,23,24). The van der Waals surface area contributed by atoms with E-state index in [1.807, 2.05) is 31.2 Å². The van der Waals surface area contributed by atoms with E-state index in [4.69, 9.17) is 14.2 Å². The predicted octanol–water partition coefficient (Wildman–Crippen LogP) is 1.40. The molecule has 1 saturated heterocycles. The van der Waals surface area contributed by atoms with Crippen molar-refractivity contribution in [1.82, 2.24) is 15.5 Å². The van der Waals surface area contributed by atoms with Crippen molar-refractivity contribution in [3.05, 3.63) is 29.8 Å². The van der Waals surface area contributed by atoms with Crippen molar-refractivity contribution in [2.45, 2.75) is 32.4 Å². The molecule has 1 unspecified atom stereocenters. The highest BCUT2D eigenvalue weighted by Gasteiger charge is 2.15. The zero-order valence-corrected chi connectivity index (χ0v) is 17.8. The van der Waals surface area contributed by atoms with E-state index in [0.29, 0.717) is 25.5 Å². The molecule has 0 radical (unpaired) electrons. The van der Waals surface area contributed by atoms with Gasteiger partial charge in [0, 0.05) is 40.4 Å². The zero-order chi connectivity index (χ0) is 20.9. The second kappa shape index (κ2) is 13.0. The Morgan fingerprint density at radius 3 is 2.93 bits per heavy atom. The molecule has 1 aliphatic rings. The summed E-state index contributed by atoms with van der Waals surface area (Å²) in [7, 11) is 3.42. The van der Waals surface area contributed by atoms with Crippen LogP contribution in [0.5, 0.6) is 5.75 Å². The van der Waals surface area contributed by atoms with E-state index in [1.54, 1.807) is 14.1 Å². The second-order valence-electron chi connectivity index (χ2n) is 7.06. The Morgan fingerprint density at radius 2 is 2.21 bits per heavy atom. The van der Waals surface area contributed by atoms with Crippen molar-refractivity contribution in [2.75, 3.05) is 53.6 Å². The molecule has 1 aliphatic heterocycles. The molecule has 29 heavy (non-hydrogen) atoms. The normalized spacial score (nSPS) is 16.5. The molecule has 162 valence electrons. The molecule has 8 heteroatoms. The summed E-state index contributed by atoms with van der Waals surface area (Å²) in [6.45, 7) is 6.39. The highest BCUT2D eigenvalue weighted by Crippen LogP contribution is 2.14. The minimum Gasteiger partial charge on any atom is -0.484 e. The number of hydrogen-bond acceptors (Lipinski definition) is 5. The van der Waals surface area contributed by atoms with E-state index in [1.165, 1.54) is 4.90 Å². The number of guanidine groups is 1. The van der Waals surface area contributed by atoms with Crippen LogP contribution in [-0.2, 0) is 20.8 Å². The molecule has 0 aromatic heterocycles. The number of nitrogens with zero attached hydrogens (tertiary/aromatic N) is 2. The van der Waals surface area contributed by atoms with Gasteiger partial charge in [-0.2, -0.15) is 0 Å². The molecule has 1 aromatic rings. The second-order valence-corrected chi connectivity index (χ2v) is 7.06. The molecule has 1 atom stereocenters. The van der Waals surface area contributed by atoms with Crippen molar-refractivity contribution >= 4 is 11.9 Å². The summed E-state index contributed by atoms with van der Waals surface area (Å²) in [6.07, 6.45) is 2.15. The SMILES string of the molecule is CCNC(=NCc1cccc(OCC(=O)N(C)C)c1)NCCCOC1CCOC1. The number of nitrogens with one attached hydrogen (secondary N) is 2. The minimum atomic E-state index is -0.0727. The fourth-order valence-electron chi connectivity index (χ4n) is 2.69.